The first-order valence-electron chi connectivity index (χ1n) is 6.42. The second-order valence-corrected chi connectivity index (χ2v) is 4.85. The van der Waals surface area contributed by atoms with E-state index in [1.807, 2.05) is 13.8 Å². The molecule has 0 saturated carbocycles. The lowest BCUT2D eigenvalue weighted by Crippen LogP contribution is -2.53. The summed E-state index contributed by atoms with van der Waals surface area (Å²) in [7, 11) is 0. The Kier molecular flexibility index (Phi) is 5.44. The van der Waals surface area contributed by atoms with Gasteiger partial charge in [0.1, 0.15) is 11.3 Å². The molecule has 0 saturated heterocycles. The van der Waals surface area contributed by atoms with Crippen molar-refractivity contribution in [2.24, 2.45) is 5.73 Å². The fraction of sp³-hybridized carbons (Fsp3) is 0.500. The highest BCUT2D eigenvalue weighted by Crippen LogP contribution is 2.24. The number of ether oxygens (including phenoxy) is 1. The average Bonchev–Trinajstić information content (AvgIpc) is 2.38. The van der Waals surface area contributed by atoms with Crippen LogP contribution in [0.25, 0.3) is 0 Å². The highest BCUT2D eigenvalue weighted by atomic mass is 19.3. The number of carbonyl (C=O) groups is 1. The number of nitrogens with one attached hydrogen (secondary N) is 1. The minimum Gasteiger partial charge on any atom is -0.435 e. The van der Waals surface area contributed by atoms with E-state index in [1.54, 1.807) is 19.1 Å². The first-order valence-corrected chi connectivity index (χ1v) is 6.42. The minimum atomic E-state index is -2.87. The van der Waals surface area contributed by atoms with Crippen LogP contribution in [0.4, 0.5) is 8.78 Å². The minimum absolute atomic E-state index is 0.0408. The van der Waals surface area contributed by atoms with Gasteiger partial charge in [0.2, 0.25) is 5.91 Å². The molecule has 0 fully saturated rings. The molecule has 1 rings (SSSR count). The third-order valence-electron chi connectivity index (χ3n) is 3.30. The molecule has 6 heteroatoms. The molecular weight excluding hydrogens is 266 g/mol. The summed E-state index contributed by atoms with van der Waals surface area (Å²) in [6.07, 6.45) is 0.829. The second kappa shape index (κ2) is 6.65. The highest BCUT2D eigenvalue weighted by Gasteiger charge is 2.34. The van der Waals surface area contributed by atoms with E-state index in [2.05, 4.69) is 10.1 Å². The Morgan fingerprint density at radius 1 is 1.40 bits per heavy atom. The first-order chi connectivity index (χ1) is 9.29. The van der Waals surface area contributed by atoms with Gasteiger partial charge in [-0.15, -0.1) is 0 Å². The van der Waals surface area contributed by atoms with Crippen LogP contribution in [0.2, 0.25) is 0 Å². The summed E-state index contributed by atoms with van der Waals surface area (Å²) in [4.78, 5) is 11.7. The van der Waals surface area contributed by atoms with Crippen LogP contribution >= 0.6 is 0 Å². The summed E-state index contributed by atoms with van der Waals surface area (Å²) in [5.74, 6) is -0.487. The summed E-state index contributed by atoms with van der Waals surface area (Å²) in [5.41, 5.74) is 5.02. The van der Waals surface area contributed by atoms with Crippen LogP contribution in [0.15, 0.2) is 24.3 Å². The molecule has 0 spiro atoms. The van der Waals surface area contributed by atoms with E-state index in [-0.39, 0.29) is 11.8 Å². The third-order valence-corrected chi connectivity index (χ3v) is 3.30. The lowest BCUT2D eigenvalue weighted by Gasteiger charge is -2.31. The fourth-order valence-corrected chi connectivity index (χ4v) is 1.86. The number of amides is 1. The van der Waals surface area contributed by atoms with Crippen molar-refractivity contribution in [3.05, 3.63) is 29.8 Å². The van der Waals surface area contributed by atoms with Crippen LogP contribution in [0.3, 0.4) is 0 Å². The Balaban J connectivity index is 3.00. The lowest BCUT2D eigenvalue weighted by atomic mass is 9.90. The van der Waals surface area contributed by atoms with Gasteiger partial charge in [0.25, 0.3) is 0 Å². The summed E-state index contributed by atoms with van der Waals surface area (Å²) in [5, 5.41) is 3.16. The van der Waals surface area contributed by atoms with E-state index in [0.29, 0.717) is 5.56 Å². The van der Waals surface area contributed by atoms with E-state index < -0.39 is 18.1 Å². The van der Waals surface area contributed by atoms with E-state index >= 15 is 0 Å². The van der Waals surface area contributed by atoms with Crippen LogP contribution in [-0.4, -0.2) is 18.6 Å². The van der Waals surface area contributed by atoms with Crippen LogP contribution in [0, 0.1) is 0 Å². The van der Waals surface area contributed by atoms with Gasteiger partial charge in [-0.2, -0.15) is 8.78 Å². The molecule has 112 valence electrons. The molecule has 0 aliphatic rings. The molecule has 4 nitrogen and oxygen atoms in total. The van der Waals surface area contributed by atoms with E-state index in [9.17, 15) is 13.6 Å². The molecule has 1 amide bonds. The molecular formula is C14H20F2N2O2. The van der Waals surface area contributed by atoms with Crippen molar-refractivity contribution in [2.75, 3.05) is 0 Å². The van der Waals surface area contributed by atoms with Crippen molar-refractivity contribution < 1.29 is 18.3 Å². The largest absolute Gasteiger partial charge is 0.435 e. The van der Waals surface area contributed by atoms with Gasteiger partial charge in [-0.25, -0.2) is 0 Å². The van der Waals surface area contributed by atoms with Crippen molar-refractivity contribution >= 4 is 5.91 Å². The van der Waals surface area contributed by atoms with Crippen molar-refractivity contribution in [3.8, 4) is 5.75 Å². The van der Waals surface area contributed by atoms with Crippen molar-refractivity contribution in [1.82, 2.24) is 5.32 Å². The van der Waals surface area contributed by atoms with Crippen LogP contribution in [-0.2, 0) is 10.3 Å². The van der Waals surface area contributed by atoms with Gasteiger partial charge >= 0.3 is 6.61 Å². The molecule has 0 heterocycles. The molecule has 0 aliphatic heterocycles. The number of rotatable bonds is 7. The molecule has 20 heavy (non-hydrogen) atoms. The zero-order valence-electron chi connectivity index (χ0n) is 11.8. The Morgan fingerprint density at radius 3 is 2.35 bits per heavy atom. The molecule has 0 bridgehead atoms. The Bertz CT molecular complexity index is 451. The van der Waals surface area contributed by atoms with Gasteiger partial charge in [-0.1, -0.05) is 19.1 Å². The Hall–Kier alpha value is -1.69. The zero-order chi connectivity index (χ0) is 15.3. The number of halogens is 2. The molecule has 0 aliphatic carbocycles. The number of alkyl halides is 2. The molecule has 0 aromatic heterocycles. The topological polar surface area (TPSA) is 64.3 Å². The fourth-order valence-electron chi connectivity index (χ4n) is 1.86. The maximum atomic E-state index is 12.1. The van der Waals surface area contributed by atoms with E-state index in [4.69, 9.17) is 5.73 Å². The molecule has 3 N–H and O–H groups in total. The normalized spacial score (nSPS) is 15.7. The number of carbonyl (C=O) groups excluding carboxylic acids is 1. The highest BCUT2D eigenvalue weighted by molar-refractivity contribution is 5.85. The van der Waals surface area contributed by atoms with Crippen molar-refractivity contribution in [3.63, 3.8) is 0 Å². The standard InChI is InChI=1S/C14H20F2N2O2/c1-4-9(2)18-14(3,12(17)19)10-5-7-11(8-6-10)20-13(15)16/h5-9,13,18H,4H2,1-3H3,(H2,17,19). The van der Waals surface area contributed by atoms with Crippen LogP contribution < -0.4 is 15.8 Å². The quantitative estimate of drug-likeness (QED) is 0.809. The number of hydrogen-bond acceptors (Lipinski definition) is 3. The number of benzene rings is 1. The zero-order valence-corrected chi connectivity index (χ0v) is 11.8. The van der Waals surface area contributed by atoms with Gasteiger partial charge in [0, 0.05) is 6.04 Å². The summed E-state index contributed by atoms with van der Waals surface area (Å²) in [6.45, 7) is 2.72. The molecule has 2 atom stereocenters. The van der Waals surface area contributed by atoms with E-state index in [1.165, 1.54) is 12.1 Å². The number of primary amides is 1. The van der Waals surface area contributed by atoms with Gasteiger partial charge in [-0.3, -0.25) is 10.1 Å². The molecule has 1 aromatic carbocycles. The molecule has 2 unspecified atom stereocenters. The summed E-state index contributed by atoms with van der Waals surface area (Å²) in [6, 6.07) is 5.97. The first kappa shape index (κ1) is 16.4. The maximum absolute atomic E-state index is 12.1. The smallest absolute Gasteiger partial charge is 0.387 e. The third kappa shape index (κ3) is 3.90. The van der Waals surface area contributed by atoms with Crippen molar-refractivity contribution in [1.29, 1.82) is 0 Å². The molecule has 1 aromatic rings. The van der Waals surface area contributed by atoms with Crippen LogP contribution in [0.5, 0.6) is 5.75 Å². The van der Waals surface area contributed by atoms with Crippen molar-refractivity contribution in [2.45, 2.75) is 45.4 Å². The van der Waals surface area contributed by atoms with Gasteiger partial charge < -0.3 is 10.5 Å². The lowest BCUT2D eigenvalue weighted by molar-refractivity contribution is -0.124. The summed E-state index contributed by atoms with van der Waals surface area (Å²) >= 11 is 0. The van der Waals surface area contributed by atoms with E-state index in [0.717, 1.165) is 6.42 Å². The van der Waals surface area contributed by atoms with Gasteiger partial charge in [0.05, 0.1) is 0 Å². The monoisotopic (exact) mass is 286 g/mol. The van der Waals surface area contributed by atoms with Crippen LogP contribution in [0.1, 0.15) is 32.8 Å². The average molecular weight is 286 g/mol. The Labute approximate surface area is 117 Å². The summed E-state index contributed by atoms with van der Waals surface area (Å²) < 4.78 is 28.5. The second-order valence-electron chi connectivity index (χ2n) is 4.85. The number of hydrogen-bond donors (Lipinski definition) is 2. The SMILES string of the molecule is CCC(C)NC(C)(C(N)=O)c1ccc(OC(F)F)cc1. The number of nitrogens with two attached hydrogens (primary N) is 1. The van der Waals surface area contributed by atoms with Gasteiger partial charge in [-0.05, 0) is 38.0 Å². The molecule has 0 radical (unpaired) electrons. The predicted molar refractivity (Wildman–Crippen MR) is 72.5 cm³/mol. The predicted octanol–water partition coefficient (Wildman–Crippen LogP) is 2.38. The Morgan fingerprint density at radius 2 is 1.95 bits per heavy atom. The maximum Gasteiger partial charge on any atom is 0.387 e. The van der Waals surface area contributed by atoms with Gasteiger partial charge in [0.15, 0.2) is 0 Å².